The summed E-state index contributed by atoms with van der Waals surface area (Å²) in [5.74, 6) is -1.21. The fourth-order valence-electron chi connectivity index (χ4n) is 5.07. The number of nitrogens with one attached hydrogen (secondary N) is 2. The molecule has 0 saturated heterocycles. The summed E-state index contributed by atoms with van der Waals surface area (Å²) in [6.07, 6.45) is 0.0134. The van der Waals surface area contributed by atoms with Crippen LogP contribution >= 0.6 is 0 Å². The first-order valence-electron chi connectivity index (χ1n) is 14.0. The summed E-state index contributed by atoms with van der Waals surface area (Å²) < 4.78 is 27.9. The van der Waals surface area contributed by atoms with Crippen molar-refractivity contribution in [3.8, 4) is 0 Å². The van der Waals surface area contributed by atoms with Crippen molar-refractivity contribution in [3.63, 3.8) is 0 Å². The first kappa shape index (κ1) is 31.4. The van der Waals surface area contributed by atoms with Gasteiger partial charge in [-0.05, 0) is 79.3 Å². The Kier molecular flexibility index (Phi) is 11.8. The van der Waals surface area contributed by atoms with Crippen LogP contribution in [0.3, 0.4) is 0 Å². The van der Waals surface area contributed by atoms with E-state index in [1.54, 1.807) is 0 Å². The molecule has 3 rings (SSSR count). The van der Waals surface area contributed by atoms with Gasteiger partial charge in [0.2, 0.25) is 0 Å². The second-order valence-electron chi connectivity index (χ2n) is 11.2. The number of hydrogen-bond acceptors (Lipinski definition) is 4. The summed E-state index contributed by atoms with van der Waals surface area (Å²) in [5.41, 5.74) is 5.15. The lowest BCUT2D eigenvalue weighted by molar-refractivity contribution is 0.0829. The molecule has 0 saturated carbocycles. The molecule has 3 N–H and O–H groups in total. The van der Waals surface area contributed by atoms with E-state index in [-0.39, 0.29) is 18.9 Å². The molecule has 0 bridgehead atoms. The number of carbonyl (C=O) groups excluding carboxylic acids is 1. The number of amides is 1. The Balaban J connectivity index is 1.75. The number of benzene rings is 3. The predicted octanol–water partition coefficient (Wildman–Crippen LogP) is 5.42. The summed E-state index contributed by atoms with van der Waals surface area (Å²) >= 11 is 0. The number of halogens is 2. The average molecular weight is 552 g/mol. The SMILES string of the molecule is CCc1cccc(CNC[C@@H](O)[C@H](Cc2cc(F)cc(F)c2)NC(=O)c2cc(C)cc(CN(C)CC(C)C)c2)c1. The van der Waals surface area contributed by atoms with Crippen LogP contribution in [-0.4, -0.2) is 48.2 Å². The minimum Gasteiger partial charge on any atom is -0.390 e. The molecule has 0 radical (unpaired) electrons. The molecule has 0 spiro atoms. The maximum absolute atomic E-state index is 13.9. The molecular formula is C33H43F2N3O2. The topological polar surface area (TPSA) is 64.6 Å². The molecule has 7 heteroatoms. The van der Waals surface area contributed by atoms with E-state index < -0.39 is 23.8 Å². The van der Waals surface area contributed by atoms with Crippen LogP contribution in [0.4, 0.5) is 8.78 Å². The van der Waals surface area contributed by atoms with Crippen LogP contribution in [0.1, 0.15) is 58.9 Å². The van der Waals surface area contributed by atoms with Gasteiger partial charge in [0.25, 0.3) is 5.91 Å². The van der Waals surface area contributed by atoms with E-state index in [4.69, 9.17) is 0 Å². The van der Waals surface area contributed by atoms with Crippen LogP contribution in [0.2, 0.25) is 0 Å². The van der Waals surface area contributed by atoms with Gasteiger partial charge >= 0.3 is 0 Å². The normalized spacial score (nSPS) is 13.1. The summed E-state index contributed by atoms with van der Waals surface area (Å²) in [4.78, 5) is 15.6. The molecule has 0 aliphatic rings. The third-order valence-corrected chi connectivity index (χ3v) is 6.77. The van der Waals surface area contributed by atoms with Crippen molar-refractivity contribution in [3.05, 3.63) is 106 Å². The average Bonchev–Trinajstić information content (AvgIpc) is 2.86. The van der Waals surface area contributed by atoms with E-state index >= 15 is 0 Å². The standard InChI is InChI=1S/C33H43F2N3O2/c1-6-24-8-7-9-25(12-24)18-36-19-32(39)31(16-26-14-29(34)17-30(35)15-26)37-33(40)28-11-23(4)10-27(13-28)21-38(5)20-22(2)3/h7-15,17,22,31-32,36,39H,6,16,18-21H2,1-5H3,(H,37,40)/t31-,32+/m0/s1. The van der Waals surface area contributed by atoms with E-state index in [0.29, 0.717) is 30.1 Å². The minimum atomic E-state index is -0.994. The molecule has 1 amide bonds. The van der Waals surface area contributed by atoms with E-state index in [2.05, 4.69) is 61.6 Å². The maximum atomic E-state index is 13.9. The molecular weight excluding hydrogens is 508 g/mol. The van der Waals surface area contributed by atoms with Crippen LogP contribution in [0.5, 0.6) is 0 Å². The van der Waals surface area contributed by atoms with Gasteiger partial charge in [-0.25, -0.2) is 8.78 Å². The third kappa shape index (κ3) is 10.1. The lowest BCUT2D eigenvalue weighted by Gasteiger charge is -2.25. The summed E-state index contributed by atoms with van der Waals surface area (Å²) in [7, 11) is 2.05. The third-order valence-electron chi connectivity index (χ3n) is 6.77. The summed E-state index contributed by atoms with van der Waals surface area (Å²) in [6, 6.07) is 16.4. The maximum Gasteiger partial charge on any atom is 0.251 e. The molecule has 0 heterocycles. The Labute approximate surface area is 237 Å². The van der Waals surface area contributed by atoms with E-state index in [0.717, 1.165) is 35.7 Å². The molecule has 0 aliphatic heterocycles. The number of carbonyl (C=O) groups is 1. The van der Waals surface area contributed by atoms with Gasteiger partial charge in [0.05, 0.1) is 12.1 Å². The molecule has 3 aromatic rings. The monoisotopic (exact) mass is 551 g/mol. The van der Waals surface area contributed by atoms with Gasteiger partial charge in [0, 0.05) is 37.8 Å². The number of aliphatic hydroxyl groups is 1. The summed E-state index contributed by atoms with van der Waals surface area (Å²) in [5, 5.41) is 17.3. The van der Waals surface area contributed by atoms with Gasteiger partial charge < -0.3 is 20.6 Å². The highest BCUT2D eigenvalue weighted by Gasteiger charge is 2.23. The highest BCUT2D eigenvalue weighted by atomic mass is 19.1. The van der Waals surface area contributed by atoms with Crippen molar-refractivity contribution < 1.29 is 18.7 Å². The quantitative estimate of drug-likeness (QED) is 0.251. The minimum absolute atomic E-state index is 0.0738. The Morgan fingerprint density at radius 3 is 2.33 bits per heavy atom. The zero-order valence-corrected chi connectivity index (χ0v) is 24.3. The first-order valence-corrected chi connectivity index (χ1v) is 14.0. The molecule has 216 valence electrons. The molecule has 0 aromatic heterocycles. The Bertz CT molecular complexity index is 1240. The van der Waals surface area contributed by atoms with Crippen molar-refractivity contribution in [1.29, 1.82) is 0 Å². The van der Waals surface area contributed by atoms with E-state index in [9.17, 15) is 18.7 Å². The van der Waals surface area contributed by atoms with Gasteiger partial charge in [-0.2, -0.15) is 0 Å². The van der Waals surface area contributed by atoms with Crippen LogP contribution in [0.25, 0.3) is 0 Å². The van der Waals surface area contributed by atoms with Crippen LogP contribution in [-0.2, 0) is 25.9 Å². The molecule has 40 heavy (non-hydrogen) atoms. The van der Waals surface area contributed by atoms with Gasteiger partial charge in [0.1, 0.15) is 11.6 Å². The van der Waals surface area contributed by atoms with Crippen LogP contribution < -0.4 is 10.6 Å². The van der Waals surface area contributed by atoms with Crippen LogP contribution in [0, 0.1) is 24.5 Å². The predicted molar refractivity (Wildman–Crippen MR) is 157 cm³/mol. The van der Waals surface area contributed by atoms with E-state index in [1.807, 2.05) is 31.2 Å². The fourth-order valence-corrected chi connectivity index (χ4v) is 5.07. The zero-order valence-electron chi connectivity index (χ0n) is 24.3. The number of aliphatic hydroxyl groups excluding tert-OH is 1. The lowest BCUT2D eigenvalue weighted by Crippen LogP contribution is -2.48. The fraction of sp³-hybridized carbons (Fsp3) is 0.424. The molecule has 3 aromatic carbocycles. The molecule has 0 unspecified atom stereocenters. The molecule has 0 aliphatic carbocycles. The van der Waals surface area contributed by atoms with Crippen molar-refractivity contribution in [2.24, 2.45) is 5.92 Å². The van der Waals surface area contributed by atoms with Crippen molar-refractivity contribution in [1.82, 2.24) is 15.5 Å². The van der Waals surface area contributed by atoms with Crippen molar-refractivity contribution in [2.75, 3.05) is 20.1 Å². The highest BCUT2D eigenvalue weighted by molar-refractivity contribution is 5.94. The second kappa shape index (κ2) is 15.0. The summed E-state index contributed by atoms with van der Waals surface area (Å²) in [6.45, 7) is 10.8. The number of rotatable bonds is 14. The van der Waals surface area contributed by atoms with Crippen molar-refractivity contribution in [2.45, 2.75) is 65.8 Å². The smallest absolute Gasteiger partial charge is 0.251 e. The number of aryl methyl sites for hydroxylation is 2. The van der Waals surface area contributed by atoms with Crippen LogP contribution in [0.15, 0.2) is 60.7 Å². The largest absolute Gasteiger partial charge is 0.390 e. The molecule has 0 fully saturated rings. The van der Waals surface area contributed by atoms with Crippen molar-refractivity contribution >= 4 is 5.91 Å². The van der Waals surface area contributed by atoms with Gasteiger partial charge in [0.15, 0.2) is 0 Å². The van der Waals surface area contributed by atoms with Gasteiger partial charge in [-0.3, -0.25) is 4.79 Å². The number of nitrogens with zero attached hydrogens (tertiary/aromatic N) is 1. The van der Waals surface area contributed by atoms with E-state index in [1.165, 1.54) is 17.7 Å². The molecule has 5 nitrogen and oxygen atoms in total. The zero-order chi connectivity index (χ0) is 29.2. The Hall–Kier alpha value is -3.13. The van der Waals surface area contributed by atoms with Gasteiger partial charge in [-0.15, -0.1) is 0 Å². The molecule has 2 atom stereocenters. The van der Waals surface area contributed by atoms with Gasteiger partial charge in [-0.1, -0.05) is 56.7 Å². The Morgan fingerprint density at radius 1 is 0.950 bits per heavy atom. The lowest BCUT2D eigenvalue weighted by atomic mass is 9.99. The highest BCUT2D eigenvalue weighted by Crippen LogP contribution is 2.16. The first-order chi connectivity index (χ1) is 19.0. The number of hydrogen-bond donors (Lipinski definition) is 3. The second-order valence-corrected chi connectivity index (χ2v) is 11.2. The Morgan fingerprint density at radius 2 is 1.65 bits per heavy atom.